The van der Waals surface area contributed by atoms with Crippen LogP contribution in [0.25, 0.3) is 11.4 Å². The van der Waals surface area contributed by atoms with E-state index in [1.807, 2.05) is 30.3 Å². The van der Waals surface area contributed by atoms with Gasteiger partial charge in [0.25, 0.3) is 0 Å². The minimum atomic E-state index is 0.712. The van der Waals surface area contributed by atoms with E-state index in [0.29, 0.717) is 6.54 Å². The van der Waals surface area contributed by atoms with Crippen molar-refractivity contribution in [3.05, 3.63) is 43.0 Å². The standard InChI is InChI=1S/C11H11N3S/c1-2-8-12-11-13-10(14-15-11)9-6-4-3-5-7-9/h2-7H,1,8H2,(H,12,13,14). The van der Waals surface area contributed by atoms with Crippen molar-refractivity contribution < 1.29 is 0 Å². The molecule has 0 saturated heterocycles. The molecule has 0 unspecified atom stereocenters. The van der Waals surface area contributed by atoms with Gasteiger partial charge in [0.2, 0.25) is 5.13 Å². The molecule has 0 saturated carbocycles. The molecule has 0 spiro atoms. The van der Waals surface area contributed by atoms with Gasteiger partial charge in [0.15, 0.2) is 5.82 Å². The van der Waals surface area contributed by atoms with Crippen molar-refractivity contribution in [2.24, 2.45) is 0 Å². The predicted octanol–water partition coefficient (Wildman–Crippen LogP) is 2.80. The quantitative estimate of drug-likeness (QED) is 0.800. The molecule has 1 aromatic heterocycles. The summed E-state index contributed by atoms with van der Waals surface area (Å²) in [5.41, 5.74) is 1.04. The molecule has 0 fully saturated rings. The molecular formula is C11H11N3S. The van der Waals surface area contributed by atoms with Gasteiger partial charge >= 0.3 is 0 Å². The van der Waals surface area contributed by atoms with E-state index in [4.69, 9.17) is 0 Å². The van der Waals surface area contributed by atoms with Crippen LogP contribution in [0.1, 0.15) is 0 Å². The Balaban J connectivity index is 2.17. The summed E-state index contributed by atoms with van der Waals surface area (Å²) >= 11 is 1.36. The van der Waals surface area contributed by atoms with Crippen LogP contribution in [-0.2, 0) is 0 Å². The average molecular weight is 217 g/mol. The molecule has 0 atom stereocenters. The Bertz CT molecular complexity index is 436. The SMILES string of the molecule is C=CCNc1nc(-c2ccccc2)ns1. The summed E-state index contributed by atoms with van der Waals surface area (Å²) in [4.78, 5) is 4.37. The van der Waals surface area contributed by atoms with Gasteiger partial charge in [0.1, 0.15) is 0 Å². The number of anilines is 1. The minimum absolute atomic E-state index is 0.712. The molecule has 0 aliphatic rings. The normalized spacial score (nSPS) is 9.87. The van der Waals surface area contributed by atoms with Crippen LogP contribution in [0.4, 0.5) is 5.13 Å². The van der Waals surface area contributed by atoms with Crippen molar-refractivity contribution in [3.63, 3.8) is 0 Å². The van der Waals surface area contributed by atoms with E-state index in [1.165, 1.54) is 11.5 Å². The topological polar surface area (TPSA) is 37.8 Å². The van der Waals surface area contributed by atoms with E-state index in [0.717, 1.165) is 16.5 Å². The molecule has 4 heteroatoms. The van der Waals surface area contributed by atoms with Crippen LogP contribution in [0, 0.1) is 0 Å². The summed E-state index contributed by atoms with van der Waals surface area (Å²) in [5, 5.41) is 3.94. The molecule has 0 radical (unpaired) electrons. The first kappa shape index (κ1) is 9.86. The Morgan fingerprint density at radius 2 is 2.13 bits per heavy atom. The summed E-state index contributed by atoms with van der Waals surface area (Å²) in [7, 11) is 0. The van der Waals surface area contributed by atoms with E-state index in [2.05, 4.69) is 21.3 Å². The monoisotopic (exact) mass is 217 g/mol. The highest BCUT2D eigenvalue weighted by Crippen LogP contribution is 2.20. The van der Waals surface area contributed by atoms with Crippen molar-refractivity contribution in [1.29, 1.82) is 0 Å². The maximum absolute atomic E-state index is 4.37. The Hall–Kier alpha value is -1.68. The number of rotatable bonds is 4. The van der Waals surface area contributed by atoms with Gasteiger partial charge in [-0.3, -0.25) is 0 Å². The number of nitrogens with zero attached hydrogens (tertiary/aromatic N) is 2. The van der Waals surface area contributed by atoms with E-state index in [-0.39, 0.29) is 0 Å². The van der Waals surface area contributed by atoms with Gasteiger partial charge < -0.3 is 5.32 Å². The third-order valence-electron chi connectivity index (χ3n) is 1.86. The minimum Gasteiger partial charge on any atom is -0.357 e. The first-order valence-electron chi connectivity index (χ1n) is 4.64. The lowest BCUT2D eigenvalue weighted by Crippen LogP contribution is -1.96. The first-order valence-corrected chi connectivity index (χ1v) is 5.41. The van der Waals surface area contributed by atoms with Crippen LogP contribution in [0.2, 0.25) is 0 Å². The highest BCUT2D eigenvalue weighted by Gasteiger charge is 2.04. The Morgan fingerprint density at radius 3 is 2.87 bits per heavy atom. The number of hydrogen-bond donors (Lipinski definition) is 1. The van der Waals surface area contributed by atoms with Gasteiger partial charge in [-0.05, 0) is 0 Å². The summed E-state index contributed by atoms with van der Waals surface area (Å²) in [6.45, 7) is 4.35. The molecule has 0 amide bonds. The summed E-state index contributed by atoms with van der Waals surface area (Å²) < 4.78 is 4.27. The molecule has 76 valence electrons. The molecule has 1 N–H and O–H groups in total. The van der Waals surface area contributed by atoms with Crippen LogP contribution >= 0.6 is 11.5 Å². The lowest BCUT2D eigenvalue weighted by molar-refractivity contribution is 1.26. The molecule has 0 aliphatic heterocycles. The molecule has 1 aromatic carbocycles. The van der Waals surface area contributed by atoms with Crippen molar-refractivity contribution in [2.45, 2.75) is 0 Å². The maximum Gasteiger partial charge on any atom is 0.203 e. The molecular weight excluding hydrogens is 206 g/mol. The first-order chi connectivity index (χ1) is 7.40. The maximum atomic E-state index is 4.37. The largest absolute Gasteiger partial charge is 0.357 e. The van der Waals surface area contributed by atoms with Crippen molar-refractivity contribution in [2.75, 3.05) is 11.9 Å². The van der Waals surface area contributed by atoms with Crippen LogP contribution in [0.3, 0.4) is 0 Å². The average Bonchev–Trinajstić information content (AvgIpc) is 2.76. The predicted molar refractivity (Wildman–Crippen MR) is 64.0 cm³/mol. The molecule has 15 heavy (non-hydrogen) atoms. The molecule has 3 nitrogen and oxygen atoms in total. The second kappa shape index (κ2) is 4.70. The summed E-state index contributed by atoms with van der Waals surface area (Å²) in [6, 6.07) is 9.94. The molecule has 1 heterocycles. The van der Waals surface area contributed by atoms with E-state index < -0.39 is 0 Å². The lowest BCUT2D eigenvalue weighted by atomic mass is 10.2. The van der Waals surface area contributed by atoms with Gasteiger partial charge in [-0.25, -0.2) is 0 Å². The van der Waals surface area contributed by atoms with Gasteiger partial charge in [-0.1, -0.05) is 36.4 Å². The van der Waals surface area contributed by atoms with Gasteiger partial charge in [0, 0.05) is 23.6 Å². The number of aromatic nitrogens is 2. The van der Waals surface area contributed by atoms with E-state index in [9.17, 15) is 0 Å². The molecule has 0 aliphatic carbocycles. The van der Waals surface area contributed by atoms with Crippen LogP contribution < -0.4 is 5.32 Å². The second-order valence-corrected chi connectivity index (χ2v) is 3.71. The fourth-order valence-corrected chi connectivity index (χ4v) is 1.75. The zero-order chi connectivity index (χ0) is 10.5. The lowest BCUT2D eigenvalue weighted by Gasteiger charge is -1.94. The highest BCUT2D eigenvalue weighted by molar-refractivity contribution is 7.09. The Labute approximate surface area is 92.7 Å². The van der Waals surface area contributed by atoms with Crippen molar-refractivity contribution in [3.8, 4) is 11.4 Å². The molecule has 2 rings (SSSR count). The number of benzene rings is 1. The molecule has 0 bridgehead atoms. The second-order valence-electron chi connectivity index (χ2n) is 2.96. The van der Waals surface area contributed by atoms with E-state index >= 15 is 0 Å². The fourth-order valence-electron chi connectivity index (χ4n) is 1.16. The van der Waals surface area contributed by atoms with Crippen LogP contribution in [0.15, 0.2) is 43.0 Å². The van der Waals surface area contributed by atoms with Crippen LogP contribution in [-0.4, -0.2) is 15.9 Å². The Morgan fingerprint density at radius 1 is 1.33 bits per heavy atom. The third kappa shape index (κ3) is 2.41. The highest BCUT2D eigenvalue weighted by atomic mass is 32.1. The fraction of sp³-hybridized carbons (Fsp3) is 0.0909. The van der Waals surface area contributed by atoms with Crippen LogP contribution in [0.5, 0.6) is 0 Å². The van der Waals surface area contributed by atoms with Gasteiger partial charge in [0.05, 0.1) is 0 Å². The van der Waals surface area contributed by atoms with Gasteiger partial charge in [-0.2, -0.15) is 9.36 Å². The van der Waals surface area contributed by atoms with Crippen molar-refractivity contribution >= 4 is 16.7 Å². The van der Waals surface area contributed by atoms with Gasteiger partial charge in [-0.15, -0.1) is 6.58 Å². The Kier molecular flexibility index (Phi) is 3.09. The number of hydrogen-bond acceptors (Lipinski definition) is 4. The number of nitrogens with one attached hydrogen (secondary N) is 1. The van der Waals surface area contributed by atoms with Crippen molar-refractivity contribution in [1.82, 2.24) is 9.36 Å². The summed E-state index contributed by atoms with van der Waals surface area (Å²) in [5.74, 6) is 0.771. The smallest absolute Gasteiger partial charge is 0.203 e. The van der Waals surface area contributed by atoms with E-state index in [1.54, 1.807) is 6.08 Å². The zero-order valence-corrected chi connectivity index (χ0v) is 9.00. The molecule has 2 aromatic rings. The summed E-state index contributed by atoms with van der Waals surface area (Å²) in [6.07, 6.45) is 1.80. The zero-order valence-electron chi connectivity index (χ0n) is 8.18. The third-order valence-corrected chi connectivity index (χ3v) is 2.53.